The molecule has 0 N–H and O–H groups in total. The van der Waals surface area contributed by atoms with Crippen LogP contribution in [0, 0.1) is 13.8 Å². The van der Waals surface area contributed by atoms with E-state index in [1.165, 1.54) is 33.8 Å². The van der Waals surface area contributed by atoms with E-state index < -0.39 is 11.2 Å². The van der Waals surface area contributed by atoms with Gasteiger partial charge in [-0.25, -0.2) is 14.8 Å². The number of hydrogen-bond acceptors (Lipinski definition) is 7. The number of anilines is 1. The molecule has 0 aliphatic carbocycles. The lowest BCUT2D eigenvalue weighted by Crippen LogP contribution is -2.41. The first-order valence-corrected chi connectivity index (χ1v) is 12.5. The average Bonchev–Trinajstić information content (AvgIpc) is 3.46. The third-order valence-electron chi connectivity index (χ3n) is 6.66. The van der Waals surface area contributed by atoms with Gasteiger partial charge in [0.25, 0.3) is 5.56 Å². The molecule has 0 spiro atoms. The largest absolute Gasteiger partial charge is 0.332 e. The van der Waals surface area contributed by atoms with Crippen LogP contribution in [-0.2, 0) is 25.4 Å². The van der Waals surface area contributed by atoms with Crippen molar-refractivity contribution >= 4 is 43.8 Å². The van der Waals surface area contributed by atoms with Crippen LogP contribution in [0.1, 0.15) is 25.0 Å². The molecule has 0 fully saturated rings. The molecular weight excluding hydrogens is 466 g/mol. The van der Waals surface area contributed by atoms with Gasteiger partial charge >= 0.3 is 5.69 Å². The molecule has 0 unspecified atom stereocenters. The maximum absolute atomic E-state index is 13.7. The molecule has 4 rings (SSSR count). The van der Waals surface area contributed by atoms with Crippen molar-refractivity contribution in [3.8, 4) is 0 Å². The normalized spacial score (nSPS) is 11.7. The average molecular weight is 498 g/mol. The molecule has 4 aromatic rings. The SMILES string of the molecule is CCN(CC)CCN(C(=O)Cn1cnc2c1c(=O)n(C)c(=O)n2C)c1nc2c(C)c(C)ccc2s1. The van der Waals surface area contributed by atoms with Crippen molar-refractivity contribution in [2.45, 2.75) is 34.2 Å². The maximum Gasteiger partial charge on any atom is 0.332 e. The summed E-state index contributed by atoms with van der Waals surface area (Å²) in [5.74, 6) is -0.194. The predicted octanol–water partition coefficient (Wildman–Crippen LogP) is 2.04. The maximum atomic E-state index is 13.7. The van der Waals surface area contributed by atoms with Gasteiger partial charge in [-0.1, -0.05) is 31.3 Å². The fourth-order valence-corrected chi connectivity index (χ4v) is 5.25. The second-order valence-electron chi connectivity index (χ2n) is 8.67. The highest BCUT2D eigenvalue weighted by molar-refractivity contribution is 7.22. The first-order chi connectivity index (χ1) is 16.7. The summed E-state index contributed by atoms with van der Waals surface area (Å²) in [5, 5.41) is 0.635. The van der Waals surface area contributed by atoms with Crippen LogP contribution in [0.3, 0.4) is 0 Å². The molecule has 0 aliphatic rings. The van der Waals surface area contributed by atoms with Crippen LogP contribution in [0.25, 0.3) is 21.4 Å². The number of benzene rings is 1. The molecule has 0 saturated carbocycles. The minimum Gasteiger partial charge on any atom is -0.315 e. The topological polar surface area (TPSA) is 98.3 Å². The quantitative estimate of drug-likeness (QED) is 0.370. The Labute approximate surface area is 207 Å². The van der Waals surface area contributed by atoms with E-state index >= 15 is 0 Å². The number of imidazole rings is 1. The number of amides is 1. The number of carbonyl (C=O) groups excluding carboxylic acids is 1. The summed E-state index contributed by atoms with van der Waals surface area (Å²) in [6.07, 6.45) is 1.44. The Morgan fingerprint density at radius 2 is 1.77 bits per heavy atom. The van der Waals surface area contributed by atoms with Crippen molar-refractivity contribution in [2.75, 3.05) is 31.1 Å². The number of aryl methyl sites for hydroxylation is 3. The van der Waals surface area contributed by atoms with Crippen molar-refractivity contribution in [2.24, 2.45) is 14.1 Å². The first-order valence-electron chi connectivity index (χ1n) is 11.7. The Morgan fingerprint density at radius 1 is 1.06 bits per heavy atom. The van der Waals surface area contributed by atoms with Crippen LogP contribution in [0.15, 0.2) is 28.0 Å². The van der Waals surface area contributed by atoms with Gasteiger partial charge < -0.3 is 9.47 Å². The van der Waals surface area contributed by atoms with E-state index in [1.54, 1.807) is 11.9 Å². The van der Waals surface area contributed by atoms with Gasteiger partial charge in [0, 0.05) is 27.2 Å². The summed E-state index contributed by atoms with van der Waals surface area (Å²) >= 11 is 1.49. The zero-order valence-corrected chi connectivity index (χ0v) is 21.8. The highest BCUT2D eigenvalue weighted by Gasteiger charge is 2.23. The van der Waals surface area contributed by atoms with E-state index in [2.05, 4.69) is 36.7 Å². The lowest BCUT2D eigenvalue weighted by atomic mass is 10.1. The highest BCUT2D eigenvalue weighted by Crippen LogP contribution is 2.32. The molecule has 11 heteroatoms. The Balaban J connectivity index is 1.74. The molecule has 0 radical (unpaired) electrons. The molecule has 3 aromatic heterocycles. The summed E-state index contributed by atoms with van der Waals surface area (Å²) < 4.78 is 4.89. The van der Waals surface area contributed by atoms with Gasteiger partial charge in [-0.15, -0.1) is 0 Å². The molecule has 0 saturated heterocycles. The standard InChI is InChI=1S/C24H31N7O3S/c1-7-29(8-2)11-12-31(23-26-19-16(4)15(3)9-10-17(19)35-23)18(32)13-30-14-25-21-20(30)22(33)28(6)24(34)27(21)5/h9-10,14H,7-8,11-13H2,1-6H3. The number of aromatic nitrogens is 5. The number of carbonyl (C=O) groups is 1. The number of hydrogen-bond donors (Lipinski definition) is 0. The van der Waals surface area contributed by atoms with Crippen LogP contribution >= 0.6 is 11.3 Å². The van der Waals surface area contributed by atoms with Crippen LogP contribution in [-0.4, -0.2) is 60.7 Å². The summed E-state index contributed by atoms with van der Waals surface area (Å²) in [7, 11) is 2.98. The van der Waals surface area contributed by atoms with E-state index in [-0.39, 0.29) is 23.6 Å². The van der Waals surface area contributed by atoms with Crippen molar-refractivity contribution in [1.82, 2.24) is 28.6 Å². The summed E-state index contributed by atoms with van der Waals surface area (Å²) in [6.45, 7) is 11.1. The van der Waals surface area contributed by atoms with E-state index in [0.717, 1.165) is 39.0 Å². The van der Waals surface area contributed by atoms with Crippen LogP contribution < -0.4 is 16.1 Å². The highest BCUT2D eigenvalue weighted by atomic mass is 32.1. The van der Waals surface area contributed by atoms with Gasteiger partial charge in [0.2, 0.25) is 5.91 Å². The van der Waals surface area contributed by atoms with Gasteiger partial charge in [-0.05, 0) is 44.1 Å². The molecule has 186 valence electrons. The van der Waals surface area contributed by atoms with Crippen LogP contribution in [0.4, 0.5) is 5.13 Å². The molecule has 35 heavy (non-hydrogen) atoms. The van der Waals surface area contributed by atoms with Gasteiger partial charge in [0.1, 0.15) is 6.54 Å². The van der Waals surface area contributed by atoms with E-state index in [1.807, 2.05) is 13.0 Å². The molecule has 10 nitrogen and oxygen atoms in total. The second kappa shape index (κ2) is 9.74. The molecule has 0 aliphatic heterocycles. The Hall–Kier alpha value is -3.31. The lowest BCUT2D eigenvalue weighted by Gasteiger charge is -2.25. The fourth-order valence-electron chi connectivity index (χ4n) is 4.19. The minimum absolute atomic E-state index is 0.0872. The summed E-state index contributed by atoms with van der Waals surface area (Å²) in [4.78, 5) is 51.8. The van der Waals surface area contributed by atoms with Gasteiger partial charge in [-0.2, -0.15) is 0 Å². The molecule has 3 heterocycles. The van der Waals surface area contributed by atoms with Crippen LogP contribution in [0.5, 0.6) is 0 Å². The number of likely N-dealkylation sites (N-methyl/N-ethyl adjacent to an activating group) is 1. The van der Waals surface area contributed by atoms with Crippen molar-refractivity contribution < 1.29 is 4.79 Å². The van der Waals surface area contributed by atoms with Crippen molar-refractivity contribution in [3.63, 3.8) is 0 Å². The van der Waals surface area contributed by atoms with Gasteiger partial charge in [0.15, 0.2) is 16.3 Å². The van der Waals surface area contributed by atoms with Crippen LogP contribution in [0.2, 0.25) is 0 Å². The van der Waals surface area contributed by atoms with Crippen molar-refractivity contribution in [1.29, 1.82) is 0 Å². The molecule has 0 bridgehead atoms. The molecule has 1 amide bonds. The minimum atomic E-state index is -0.478. The molecule has 0 atom stereocenters. The second-order valence-corrected chi connectivity index (χ2v) is 9.68. The Morgan fingerprint density at radius 3 is 2.46 bits per heavy atom. The lowest BCUT2D eigenvalue weighted by molar-refractivity contribution is -0.119. The van der Waals surface area contributed by atoms with Gasteiger partial charge in [0.05, 0.1) is 16.5 Å². The van der Waals surface area contributed by atoms with E-state index in [4.69, 9.17) is 4.98 Å². The third kappa shape index (κ3) is 4.41. The van der Waals surface area contributed by atoms with E-state index in [9.17, 15) is 14.4 Å². The summed E-state index contributed by atoms with van der Waals surface area (Å²) in [6, 6.07) is 4.11. The molecule has 1 aromatic carbocycles. The number of thiazole rings is 1. The number of fused-ring (bicyclic) bond motifs is 2. The Kier molecular flexibility index (Phi) is 6.91. The summed E-state index contributed by atoms with van der Waals surface area (Å²) in [5.41, 5.74) is 2.71. The zero-order valence-electron chi connectivity index (χ0n) is 21.0. The molecular formula is C24H31N7O3S. The number of rotatable bonds is 8. The monoisotopic (exact) mass is 497 g/mol. The van der Waals surface area contributed by atoms with E-state index in [0.29, 0.717) is 18.2 Å². The fraction of sp³-hybridized carbons (Fsp3) is 0.458. The Bertz CT molecular complexity index is 1520. The number of nitrogens with zero attached hydrogens (tertiary/aromatic N) is 7. The van der Waals surface area contributed by atoms with Crippen molar-refractivity contribution in [3.05, 3.63) is 50.4 Å². The smallest absolute Gasteiger partial charge is 0.315 e. The zero-order chi connectivity index (χ0) is 25.4. The first kappa shape index (κ1) is 24.8. The predicted molar refractivity (Wildman–Crippen MR) is 139 cm³/mol. The third-order valence-corrected chi connectivity index (χ3v) is 7.71. The van der Waals surface area contributed by atoms with Gasteiger partial charge in [-0.3, -0.25) is 23.6 Å².